The Morgan fingerprint density at radius 2 is 2.23 bits per heavy atom. The summed E-state index contributed by atoms with van der Waals surface area (Å²) in [5.41, 5.74) is 0.793. The first-order chi connectivity index (χ1) is 6.09. The van der Waals surface area contributed by atoms with Crippen LogP contribution >= 0.6 is 15.9 Å². The van der Waals surface area contributed by atoms with E-state index < -0.39 is 0 Å². The van der Waals surface area contributed by atoms with E-state index >= 15 is 0 Å². The van der Waals surface area contributed by atoms with Gasteiger partial charge in [0.05, 0.1) is 6.42 Å². The van der Waals surface area contributed by atoms with Gasteiger partial charge in [0.25, 0.3) is 0 Å². The van der Waals surface area contributed by atoms with Crippen molar-refractivity contribution >= 4 is 21.8 Å². The van der Waals surface area contributed by atoms with E-state index in [0.717, 1.165) is 10.2 Å². The molecule has 1 aromatic rings. The van der Waals surface area contributed by atoms with Crippen LogP contribution in [0, 0.1) is 0 Å². The summed E-state index contributed by atoms with van der Waals surface area (Å²) in [6.45, 7) is 0. The zero-order chi connectivity index (χ0) is 9.84. The molecule has 70 valence electrons. The van der Waals surface area contributed by atoms with Crippen LogP contribution in [0.1, 0.15) is 5.69 Å². The fourth-order valence-corrected chi connectivity index (χ4v) is 1.06. The van der Waals surface area contributed by atoms with Crippen molar-refractivity contribution in [3.63, 3.8) is 0 Å². The van der Waals surface area contributed by atoms with E-state index in [1.165, 1.54) is 0 Å². The number of hydrogen-bond donors (Lipinski definition) is 0. The van der Waals surface area contributed by atoms with Gasteiger partial charge in [-0.3, -0.25) is 9.78 Å². The van der Waals surface area contributed by atoms with Gasteiger partial charge in [0, 0.05) is 30.5 Å². The highest BCUT2D eigenvalue weighted by molar-refractivity contribution is 9.10. The van der Waals surface area contributed by atoms with Crippen LogP contribution in [0.5, 0.6) is 0 Å². The summed E-state index contributed by atoms with van der Waals surface area (Å²) < 4.78 is 0.925. The molecule has 1 amide bonds. The Labute approximate surface area is 85.9 Å². The third-order valence-corrected chi connectivity index (χ3v) is 2.09. The van der Waals surface area contributed by atoms with E-state index in [1.54, 1.807) is 25.2 Å². The molecular formula is C9H11BrN2O. The van der Waals surface area contributed by atoms with E-state index in [2.05, 4.69) is 20.9 Å². The Balaban J connectivity index is 2.65. The second-order valence-corrected chi connectivity index (χ2v) is 3.85. The molecule has 0 aliphatic heterocycles. The van der Waals surface area contributed by atoms with Gasteiger partial charge in [0.1, 0.15) is 0 Å². The summed E-state index contributed by atoms with van der Waals surface area (Å²) in [5.74, 6) is 0.0647. The largest absolute Gasteiger partial charge is 0.348 e. The smallest absolute Gasteiger partial charge is 0.228 e. The molecule has 0 atom stereocenters. The Morgan fingerprint density at radius 1 is 1.54 bits per heavy atom. The monoisotopic (exact) mass is 242 g/mol. The lowest BCUT2D eigenvalue weighted by Crippen LogP contribution is -2.23. The summed E-state index contributed by atoms with van der Waals surface area (Å²) in [6, 6.07) is 3.72. The van der Waals surface area contributed by atoms with Crippen molar-refractivity contribution in [2.24, 2.45) is 0 Å². The number of pyridine rings is 1. The number of carbonyl (C=O) groups is 1. The van der Waals surface area contributed by atoms with E-state index in [0.29, 0.717) is 6.42 Å². The number of halogens is 1. The normalized spacial score (nSPS) is 9.77. The molecule has 0 N–H and O–H groups in total. The predicted molar refractivity (Wildman–Crippen MR) is 54.3 cm³/mol. The average molecular weight is 243 g/mol. The maximum absolute atomic E-state index is 11.3. The van der Waals surface area contributed by atoms with Gasteiger partial charge in [-0.05, 0) is 28.1 Å². The lowest BCUT2D eigenvalue weighted by Gasteiger charge is -2.09. The summed E-state index contributed by atoms with van der Waals surface area (Å²) in [6.07, 6.45) is 2.05. The minimum atomic E-state index is 0.0647. The average Bonchev–Trinajstić information content (AvgIpc) is 2.08. The molecule has 0 aliphatic rings. The van der Waals surface area contributed by atoms with E-state index in [9.17, 15) is 4.79 Å². The summed E-state index contributed by atoms with van der Waals surface area (Å²) >= 11 is 3.28. The van der Waals surface area contributed by atoms with E-state index in [1.807, 2.05) is 12.1 Å². The molecule has 4 heteroatoms. The van der Waals surface area contributed by atoms with Crippen LogP contribution in [0.3, 0.4) is 0 Å². The third kappa shape index (κ3) is 3.14. The van der Waals surface area contributed by atoms with Crippen molar-refractivity contribution in [2.45, 2.75) is 6.42 Å². The summed E-state index contributed by atoms with van der Waals surface area (Å²) in [4.78, 5) is 16.9. The number of amides is 1. The quantitative estimate of drug-likeness (QED) is 0.788. The van der Waals surface area contributed by atoms with Crippen molar-refractivity contribution in [3.8, 4) is 0 Å². The van der Waals surface area contributed by atoms with Crippen molar-refractivity contribution in [3.05, 3.63) is 28.5 Å². The van der Waals surface area contributed by atoms with Crippen LogP contribution < -0.4 is 0 Å². The molecule has 1 heterocycles. The molecule has 0 saturated carbocycles. The van der Waals surface area contributed by atoms with Gasteiger partial charge >= 0.3 is 0 Å². The van der Waals surface area contributed by atoms with Crippen LogP contribution in [0.25, 0.3) is 0 Å². The van der Waals surface area contributed by atoms with Gasteiger partial charge in [-0.25, -0.2) is 0 Å². The van der Waals surface area contributed by atoms with Crippen molar-refractivity contribution in [1.82, 2.24) is 9.88 Å². The zero-order valence-corrected chi connectivity index (χ0v) is 9.21. The molecule has 0 bridgehead atoms. The molecule has 0 aromatic carbocycles. The molecule has 0 fully saturated rings. The second-order valence-electron chi connectivity index (χ2n) is 2.93. The Kier molecular flexibility index (Phi) is 3.42. The molecule has 13 heavy (non-hydrogen) atoms. The Morgan fingerprint density at radius 3 is 2.69 bits per heavy atom. The summed E-state index contributed by atoms with van der Waals surface area (Å²) in [7, 11) is 3.47. The standard InChI is InChI=1S/C9H11BrN2O/c1-12(2)9(13)5-8-4-3-7(10)6-11-8/h3-4,6H,5H2,1-2H3. The van der Waals surface area contributed by atoms with Crippen LogP contribution in [-0.4, -0.2) is 29.9 Å². The highest BCUT2D eigenvalue weighted by atomic mass is 79.9. The number of hydrogen-bond acceptors (Lipinski definition) is 2. The summed E-state index contributed by atoms with van der Waals surface area (Å²) in [5, 5.41) is 0. The topological polar surface area (TPSA) is 33.2 Å². The van der Waals surface area contributed by atoms with Crippen LogP contribution in [0.4, 0.5) is 0 Å². The van der Waals surface area contributed by atoms with Gasteiger partial charge in [0.15, 0.2) is 0 Å². The highest BCUT2D eigenvalue weighted by Crippen LogP contribution is 2.07. The minimum Gasteiger partial charge on any atom is -0.348 e. The minimum absolute atomic E-state index is 0.0647. The first-order valence-electron chi connectivity index (χ1n) is 3.90. The lowest BCUT2D eigenvalue weighted by molar-refractivity contribution is -0.128. The SMILES string of the molecule is CN(C)C(=O)Cc1ccc(Br)cn1. The van der Waals surface area contributed by atoms with E-state index in [4.69, 9.17) is 0 Å². The van der Waals surface area contributed by atoms with Crippen LogP contribution in [-0.2, 0) is 11.2 Å². The maximum atomic E-state index is 11.3. The molecular weight excluding hydrogens is 232 g/mol. The van der Waals surface area contributed by atoms with Crippen LogP contribution in [0.2, 0.25) is 0 Å². The first kappa shape index (κ1) is 10.2. The van der Waals surface area contributed by atoms with Gasteiger partial charge < -0.3 is 4.90 Å². The second kappa shape index (κ2) is 4.37. The first-order valence-corrected chi connectivity index (χ1v) is 4.69. The van der Waals surface area contributed by atoms with Gasteiger partial charge in [-0.1, -0.05) is 0 Å². The Bertz CT molecular complexity index is 295. The number of aromatic nitrogens is 1. The van der Waals surface area contributed by atoms with Gasteiger partial charge in [-0.2, -0.15) is 0 Å². The van der Waals surface area contributed by atoms with Gasteiger partial charge in [0.2, 0.25) is 5.91 Å². The molecule has 0 aliphatic carbocycles. The zero-order valence-electron chi connectivity index (χ0n) is 7.62. The maximum Gasteiger partial charge on any atom is 0.228 e. The van der Waals surface area contributed by atoms with Crippen LogP contribution in [0.15, 0.2) is 22.8 Å². The molecule has 0 saturated heterocycles. The molecule has 1 rings (SSSR count). The van der Waals surface area contributed by atoms with Crippen molar-refractivity contribution in [2.75, 3.05) is 14.1 Å². The Hall–Kier alpha value is -0.900. The number of nitrogens with zero attached hydrogens (tertiary/aromatic N) is 2. The van der Waals surface area contributed by atoms with Crippen molar-refractivity contribution < 1.29 is 4.79 Å². The third-order valence-electron chi connectivity index (χ3n) is 1.62. The van der Waals surface area contributed by atoms with Gasteiger partial charge in [-0.15, -0.1) is 0 Å². The molecule has 0 spiro atoms. The molecule has 1 aromatic heterocycles. The lowest BCUT2D eigenvalue weighted by atomic mass is 10.2. The predicted octanol–water partition coefficient (Wildman–Crippen LogP) is 1.47. The number of carbonyl (C=O) groups excluding carboxylic acids is 1. The molecule has 3 nitrogen and oxygen atoms in total. The molecule has 0 unspecified atom stereocenters. The van der Waals surface area contributed by atoms with E-state index in [-0.39, 0.29) is 5.91 Å². The fraction of sp³-hybridized carbons (Fsp3) is 0.333. The molecule has 0 radical (unpaired) electrons. The van der Waals surface area contributed by atoms with Crippen molar-refractivity contribution in [1.29, 1.82) is 0 Å². The number of rotatable bonds is 2. The number of likely N-dealkylation sites (N-methyl/N-ethyl adjacent to an activating group) is 1. The highest BCUT2D eigenvalue weighted by Gasteiger charge is 2.05. The fourth-order valence-electron chi connectivity index (χ4n) is 0.824.